The maximum absolute atomic E-state index is 12.2. The number of nitrogens with zero attached hydrogens (tertiary/aromatic N) is 4. The van der Waals surface area contributed by atoms with E-state index in [1.165, 1.54) is 0 Å². The van der Waals surface area contributed by atoms with Gasteiger partial charge in [-0.25, -0.2) is 15.0 Å². The number of carbonyl (C=O) groups excluding carboxylic acids is 1. The number of ether oxygens (including phenoxy) is 1. The van der Waals surface area contributed by atoms with Crippen molar-refractivity contribution in [1.29, 1.82) is 0 Å². The second-order valence-electron chi connectivity index (χ2n) is 8.81. The molecule has 6 rings (SSSR count). The summed E-state index contributed by atoms with van der Waals surface area (Å²) in [5.74, 6) is 1.61. The zero-order chi connectivity index (χ0) is 22.5. The van der Waals surface area contributed by atoms with Gasteiger partial charge in [-0.3, -0.25) is 4.79 Å². The van der Waals surface area contributed by atoms with Crippen molar-refractivity contribution < 1.29 is 9.53 Å². The zero-order valence-corrected chi connectivity index (χ0v) is 19.5. The molecule has 1 saturated carbocycles. The lowest BCUT2D eigenvalue weighted by atomic mass is 9.88. The average molecular weight is 510 g/mol. The summed E-state index contributed by atoms with van der Waals surface area (Å²) in [4.78, 5) is 31.7. The summed E-state index contributed by atoms with van der Waals surface area (Å²) in [7, 11) is 0. The largest absolute Gasteiger partial charge is 0.378 e. The van der Waals surface area contributed by atoms with Gasteiger partial charge in [0.05, 0.1) is 29.3 Å². The standard InChI is InChI=1S/C23H24BrN7O2/c24-15-11-27-23-20(19(15)28-18-13-2-1-12(9-13)17(18)21(25)32)29-22(30-23)14-3-4-16(26-10-14)31-5-7-33-8-6-31/h1-4,10-13,17-18H,5-9H2,(H2,25,32)(H2,27,28,29,30)/t12-,13+,17+,18-/m1/s1. The van der Waals surface area contributed by atoms with Crippen LogP contribution >= 0.6 is 15.9 Å². The number of hydrogen-bond acceptors (Lipinski definition) is 7. The number of carbonyl (C=O) groups is 1. The van der Waals surface area contributed by atoms with Crippen molar-refractivity contribution in [3.05, 3.63) is 41.2 Å². The van der Waals surface area contributed by atoms with Crippen molar-refractivity contribution in [2.45, 2.75) is 12.5 Å². The quantitative estimate of drug-likeness (QED) is 0.452. The molecule has 4 N–H and O–H groups in total. The number of allylic oxidation sites excluding steroid dienone is 1. The van der Waals surface area contributed by atoms with Crippen LogP contribution in [0.5, 0.6) is 0 Å². The maximum Gasteiger partial charge on any atom is 0.223 e. The maximum atomic E-state index is 12.2. The number of morpholine rings is 1. The number of H-pyrrole nitrogens is 1. The van der Waals surface area contributed by atoms with Gasteiger partial charge in [0, 0.05) is 37.1 Å². The molecule has 2 aliphatic carbocycles. The SMILES string of the molecule is NC(=O)[C@@H]1[C@H](Nc2c(Br)cnc3[nH]c(-c4ccc(N5CCOCC5)nc4)nc23)[C@H]2C=C[C@@H]1C2. The molecule has 0 spiro atoms. The number of nitrogens with two attached hydrogens (primary N) is 1. The van der Waals surface area contributed by atoms with Crippen molar-refractivity contribution in [2.75, 3.05) is 36.5 Å². The van der Waals surface area contributed by atoms with Crippen LogP contribution in [-0.2, 0) is 9.53 Å². The Balaban J connectivity index is 1.31. The van der Waals surface area contributed by atoms with E-state index in [0.29, 0.717) is 17.0 Å². The van der Waals surface area contributed by atoms with Crippen LogP contribution in [0.3, 0.4) is 0 Å². The van der Waals surface area contributed by atoms with E-state index in [4.69, 9.17) is 15.5 Å². The van der Waals surface area contributed by atoms with Crippen molar-refractivity contribution >= 4 is 44.5 Å². The van der Waals surface area contributed by atoms with E-state index >= 15 is 0 Å². The van der Waals surface area contributed by atoms with E-state index in [1.54, 1.807) is 6.20 Å². The minimum atomic E-state index is -0.264. The van der Waals surface area contributed by atoms with Crippen LogP contribution in [0, 0.1) is 17.8 Å². The molecule has 2 bridgehead atoms. The number of aromatic amines is 1. The first-order valence-electron chi connectivity index (χ1n) is 11.2. The number of aromatic nitrogens is 4. The van der Waals surface area contributed by atoms with Crippen molar-refractivity contribution in [2.24, 2.45) is 23.5 Å². The Kier molecular flexibility index (Phi) is 5.06. The highest BCUT2D eigenvalue weighted by Gasteiger charge is 2.47. The molecule has 4 heterocycles. The predicted octanol–water partition coefficient (Wildman–Crippen LogP) is 2.71. The minimum absolute atomic E-state index is 0.0611. The van der Waals surface area contributed by atoms with Gasteiger partial charge in [0.1, 0.15) is 17.2 Å². The second-order valence-corrected chi connectivity index (χ2v) is 9.67. The summed E-state index contributed by atoms with van der Waals surface area (Å²) in [5.41, 5.74) is 8.83. The molecule has 1 amide bonds. The molecule has 3 aromatic heterocycles. The van der Waals surface area contributed by atoms with E-state index in [2.05, 4.69) is 53.3 Å². The third-order valence-electron chi connectivity index (χ3n) is 6.92. The van der Waals surface area contributed by atoms with Crippen LogP contribution in [0.4, 0.5) is 11.5 Å². The molecule has 1 saturated heterocycles. The lowest BCUT2D eigenvalue weighted by Crippen LogP contribution is -2.41. The fourth-order valence-corrected chi connectivity index (χ4v) is 5.69. The molecule has 10 heteroatoms. The fraction of sp³-hybridized carbons (Fsp3) is 0.391. The number of hydrogen-bond donors (Lipinski definition) is 3. The van der Waals surface area contributed by atoms with Crippen LogP contribution in [0.1, 0.15) is 6.42 Å². The number of imidazole rings is 1. The number of fused-ring (bicyclic) bond motifs is 3. The highest BCUT2D eigenvalue weighted by molar-refractivity contribution is 9.10. The first-order valence-corrected chi connectivity index (χ1v) is 12.0. The van der Waals surface area contributed by atoms with Crippen molar-refractivity contribution in [3.63, 3.8) is 0 Å². The molecule has 4 atom stereocenters. The molecule has 33 heavy (non-hydrogen) atoms. The number of pyridine rings is 2. The smallest absolute Gasteiger partial charge is 0.223 e. The molecule has 2 fully saturated rings. The average Bonchev–Trinajstić information content (AvgIpc) is 3.56. The lowest BCUT2D eigenvalue weighted by molar-refractivity contribution is -0.122. The molecule has 0 unspecified atom stereocenters. The molecule has 3 aromatic rings. The first kappa shape index (κ1) is 20.6. The molecular weight excluding hydrogens is 486 g/mol. The minimum Gasteiger partial charge on any atom is -0.378 e. The number of halogens is 1. The van der Waals surface area contributed by atoms with Crippen molar-refractivity contribution in [3.8, 4) is 11.4 Å². The monoisotopic (exact) mass is 509 g/mol. The van der Waals surface area contributed by atoms with Crippen LogP contribution in [-0.4, -0.2) is 58.2 Å². The molecule has 0 radical (unpaired) electrons. The lowest BCUT2D eigenvalue weighted by Gasteiger charge is -2.28. The normalized spacial score (nSPS) is 26.3. The second kappa shape index (κ2) is 8.11. The van der Waals surface area contributed by atoms with Gasteiger partial charge in [0.2, 0.25) is 5.91 Å². The van der Waals surface area contributed by atoms with Gasteiger partial charge in [-0.05, 0) is 46.3 Å². The number of anilines is 2. The highest BCUT2D eigenvalue weighted by Crippen LogP contribution is 2.46. The fourth-order valence-electron chi connectivity index (χ4n) is 5.28. The van der Waals surface area contributed by atoms with Gasteiger partial charge < -0.3 is 25.7 Å². The van der Waals surface area contributed by atoms with Gasteiger partial charge in [-0.15, -0.1) is 0 Å². The Labute approximate surface area is 199 Å². The number of rotatable bonds is 5. The molecule has 0 aromatic carbocycles. The summed E-state index contributed by atoms with van der Waals surface area (Å²) in [6, 6.07) is 3.96. The van der Waals surface area contributed by atoms with E-state index in [9.17, 15) is 4.79 Å². The van der Waals surface area contributed by atoms with Crippen LogP contribution in [0.25, 0.3) is 22.6 Å². The van der Waals surface area contributed by atoms with E-state index < -0.39 is 0 Å². The molecular formula is C23H24BrN7O2. The van der Waals surface area contributed by atoms with Gasteiger partial charge in [-0.1, -0.05) is 12.2 Å². The Bertz CT molecular complexity index is 1240. The summed E-state index contributed by atoms with van der Waals surface area (Å²) in [5, 5.41) is 3.58. The van der Waals surface area contributed by atoms with Gasteiger partial charge in [0.15, 0.2) is 5.65 Å². The predicted molar refractivity (Wildman–Crippen MR) is 129 cm³/mol. The topological polar surface area (TPSA) is 122 Å². The molecule has 9 nitrogen and oxygen atoms in total. The van der Waals surface area contributed by atoms with Gasteiger partial charge >= 0.3 is 0 Å². The number of primary amides is 1. The molecule has 3 aliphatic rings. The number of amides is 1. The zero-order valence-electron chi connectivity index (χ0n) is 17.9. The van der Waals surface area contributed by atoms with Crippen LogP contribution in [0.15, 0.2) is 41.2 Å². The summed E-state index contributed by atoms with van der Waals surface area (Å²) in [6.07, 6.45) is 8.83. The van der Waals surface area contributed by atoms with Gasteiger partial charge in [-0.2, -0.15) is 0 Å². The third kappa shape index (κ3) is 3.57. The Morgan fingerprint density at radius 2 is 2.00 bits per heavy atom. The van der Waals surface area contributed by atoms with Crippen molar-refractivity contribution in [1.82, 2.24) is 19.9 Å². The van der Waals surface area contributed by atoms with Crippen LogP contribution < -0.4 is 16.0 Å². The Hall–Kier alpha value is -2.98. The van der Waals surface area contributed by atoms with E-state index in [-0.39, 0.29) is 29.7 Å². The summed E-state index contributed by atoms with van der Waals surface area (Å²) < 4.78 is 6.22. The van der Waals surface area contributed by atoms with Gasteiger partial charge in [0.25, 0.3) is 0 Å². The number of nitrogens with one attached hydrogen (secondary N) is 2. The first-order chi connectivity index (χ1) is 16.1. The summed E-state index contributed by atoms with van der Waals surface area (Å²) in [6.45, 7) is 3.12. The molecule has 170 valence electrons. The van der Waals surface area contributed by atoms with Crippen LogP contribution in [0.2, 0.25) is 0 Å². The third-order valence-corrected chi connectivity index (χ3v) is 7.52. The summed E-state index contributed by atoms with van der Waals surface area (Å²) >= 11 is 3.61. The van der Waals surface area contributed by atoms with E-state index in [1.807, 2.05) is 18.3 Å². The molecule has 1 aliphatic heterocycles. The highest BCUT2D eigenvalue weighted by atomic mass is 79.9. The Morgan fingerprint density at radius 3 is 2.76 bits per heavy atom. The Morgan fingerprint density at radius 1 is 1.18 bits per heavy atom. The van der Waals surface area contributed by atoms with E-state index in [0.717, 1.165) is 54.3 Å².